The molecule has 7 heteroatoms. The normalized spacial score (nSPS) is 12.8. The summed E-state index contributed by atoms with van der Waals surface area (Å²) in [6.45, 7) is 7.48. The lowest BCUT2D eigenvalue weighted by Crippen LogP contribution is -2.42. The topological polar surface area (TPSA) is 102 Å². The van der Waals surface area contributed by atoms with Gasteiger partial charge in [-0.05, 0) is 63.1 Å². The summed E-state index contributed by atoms with van der Waals surface area (Å²) in [7, 11) is 0. The van der Waals surface area contributed by atoms with Gasteiger partial charge in [0.2, 0.25) is 0 Å². The van der Waals surface area contributed by atoms with Crippen molar-refractivity contribution in [1.29, 1.82) is 0 Å². The Hall–Kier alpha value is -2.90. The molecule has 0 radical (unpaired) electrons. The summed E-state index contributed by atoms with van der Waals surface area (Å²) in [4.78, 5) is 16.5. The van der Waals surface area contributed by atoms with E-state index in [4.69, 9.17) is 10.5 Å². The Morgan fingerprint density at radius 3 is 2.83 bits per heavy atom. The lowest BCUT2D eigenvalue weighted by atomic mass is 9.99. The van der Waals surface area contributed by atoms with Crippen LogP contribution in [-0.2, 0) is 11.3 Å². The smallest absolute Gasteiger partial charge is 0.338 e. The predicted molar refractivity (Wildman–Crippen MR) is 118 cm³/mol. The molecule has 3 aromatic rings. The average Bonchev–Trinajstić information content (AvgIpc) is 3.13. The number of β-amino-alcohol motifs (C(OH)–C–C–N with tert-alkyl or cyclic N) is 1. The molecule has 0 aliphatic rings. The number of esters is 1. The Kier molecular flexibility index (Phi) is 6.74. The van der Waals surface area contributed by atoms with Crippen LogP contribution in [0.25, 0.3) is 11.0 Å². The number of nitrogens with one attached hydrogen (secondary N) is 1. The monoisotopic (exact) mass is 410 g/mol. The van der Waals surface area contributed by atoms with Gasteiger partial charge in [-0.15, -0.1) is 0 Å². The van der Waals surface area contributed by atoms with Crippen molar-refractivity contribution < 1.29 is 14.6 Å². The van der Waals surface area contributed by atoms with Crippen molar-refractivity contribution in [1.82, 2.24) is 14.9 Å². The Morgan fingerprint density at radius 2 is 2.10 bits per heavy atom. The number of rotatable bonds is 9. The maximum Gasteiger partial charge on any atom is 0.338 e. The summed E-state index contributed by atoms with van der Waals surface area (Å²) >= 11 is 0. The van der Waals surface area contributed by atoms with Crippen LogP contribution in [0.3, 0.4) is 0 Å². The third-order valence-electron chi connectivity index (χ3n) is 5.18. The number of carbonyl (C=O) groups is 1. The number of anilines is 1. The van der Waals surface area contributed by atoms with E-state index in [2.05, 4.69) is 24.1 Å². The van der Waals surface area contributed by atoms with Gasteiger partial charge in [0, 0.05) is 24.3 Å². The van der Waals surface area contributed by atoms with Crippen molar-refractivity contribution in [3.05, 3.63) is 59.9 Å². The fourth-order valence-corrected chi connectivity index (χ4v) is 3.32. The van der Waals surface area contributed by atoms with Crippen molar-refractivity contribution in [3.8, 4) is 0 Å². The van der Waals surface area contributed by atoms with Crippen molar-refractivity contribution in [2.45, 2.75) is 45.4 Å². The summed E-state index contributed by atoms with van der Waals surface area (Å²) in [5, 5.41) is 13.9. The molecule has 1 atom stereocenters. The largest absolute Gasteiger partial charge is 0.462 e. The van der Waals surface area contributed by atoms with E-state index in [1.165, 1.54) is 0 Å². The Balaban J connectivity index is 1.62. The van der Waals surface area contributed by atoms with Crippen LogP contribution in [0.5, 0.6) is 0 Å². The van der Waals surface area contributed by atoms with Gasteiger partial charge in [-0.3, -0.25) is 0 Å². The fourth-order valence-electron chi connectivity index (χ4n) is 3.32. The first-order chi connectivity index (χ1) is 14.3. The van der Waals surface area contributed by atoms with Crippen LogP contribution in [0.4, 0.5) is 5.69 Å². The number of aliphatic hydroxyl groups is 1. The Bertz CT molecular complexity index is 1010. The number of hydrogen-bond donors (Lipinski definition) is 3. The number of aliphatic hydroxyl groups excluding tert-OH is 1. The van der Waals surface area contributed by atoms with Crippen molar-refractivity contribution in [2.24, 2.45) is 0 Å². The van der Waals surface area contributed by atoms with Crippen molar-refractivity contribution in [3.63, 3.8) is 0 Å². The molecule has 0 saturated carbocycles. The number of benzene rings is 2. The molecule has 0 saturated heterocycles. The quantitative estimate of drug-likeness (QED) is 0.370. The number of fused-ring (bicyclic) bond motifs is 1. The molecule has 0 fully saturated rings. The molecule has 30 heavy (non-hydrogen) atoms. The zero-order chi connectivity index (χ0) is 21.7. The second-order valence-electron chi connectivity index (χ2n) is 8.06. The molecule has 0 spiro atoms. The van der Waals surface area contributed by atoms with Crippen LogP contribution < -0.4 is 11.1 Å². The second kappa shape index (κ2) is 9.28. The molecule has 2 aromatic carbocycles. The third-order valence-corrected chi connectivity index (χ3v) is 5.18. The first kappa shape index (κ1) is 21.8. The Labute approximate surface area is 176 Å². The zero-order valence-electron chi connectivity index (χ0n) is 17.8. The molecular formula is C23H30N4O3. The lowest BCUT2D eigenvalue weighted by Gasteiger charge is -2.28. The van der Waals surface area contributed by atoms with E-state index < -0.39 is 6.10 Å². The number of nitrogens with two attached hydrogens (primary N) is 1. The van der Waals surface area contributed by atoms with Gasteiger partial charge in [-0.1, -0.05) is 12.1 Å². The van der Waals surface area contributed by atoms with Gasteiger partial charge in [-0.2, -0.15) is 0 Å². The second-order valence-corrected chi connectivity index (χ2v) is 8.06. The van der Waals surface area contributed by atoms with E-state index in [1.807, 2.05) is 28.8 Å². The highest BCUT2D eigenvalue weighted by atomic mass is 16.5. The highest BCUT2D eigenvalue weighted by molar-refractivity contribution is 5.93. The Morgan fingerprint density at radius 1 is 1.30 bits per heavy atom. The van der Waals surface area contributed by atoms with Crippen molar-refractivity contribution in [2.75, 3.05) is 18.9 Å². The highest BCUT2D eigenvalue weighted by Crippen LogP contribution is 2.20. The molecule has 0 unspecified atom stereocenters. The SMILES string of the molecule is CCOC(=O)c1ccc2ncn(CCC(C)(C)NC[C@H](O)c3cccc(N)c3)c2c1. The number of nitrogen functional groups attached to an aromatic ring is 1. The predicted octanol–water partition coefficient (Wildman–Crippen LogP) is 3.29. The number of aryl methyl sites for hydroxylation is 1. The molecule has 1 aromatic heterocycles. The first-order valence-electron chi connectivity index (χ1n) is 10.2. The number of carbonyl (C=O) groups excluding carboxylic acids is 1. The summed E-state index contributed by atoms with van der Waals surface area (Å²) in [6.07, 6.45) is 1.97. The summed E-state index contributed by atoms with van der Waals surface area (Å²) in [5.41, 5.74) is 9.29. The van der Waals surface area contributed by atoms with E-state index in [1.54, 1.807) is 31.5 Å². The highest BCUT2D eigenvalue weighted by Gasteiger charge is 2.20. The first-order valence-corrected chi connectivity index (χ1v) is 10.2. The van der Waals surface area contributed by atoms with E-state index in [0.29, 0.717) is 24.4 Å². The maximum atomic E-state index is 12.0. The van der Waals surface area contributed by atoms with Gasteiger partial charge < -0.3 is 25.5 Å². The van der Waals surface area contributed by atoms with Crippen LogP contribution >= 0.6 is 0 Å². The molecule has 4 N–H and O–H groups in total. The van der Waals surface area contributed by atoms with Gasteiger partial charge in [0.05, 0.1) is 35.6 Å². The zero-order valence-corrected chi connectivity index (χ0v) is 17.8. The van der Waals surface area contributed by atoms with Crippen molar-refractivity contribution >= 4 is 22.7 Å². The summed E-state index contributed by atoms with van der Waals surface area (Å²) in [6, 6.07) is 12.7. The summed E-state index contributed by atoms with van der Waals surface area (Å²) < 4.78 is 7.13. The van der Waals surface area contributed by atoms with Gasteiger partial charge in [0.1, 0.15) is 0 Å². The number of hydrogen-bond acceptors (Lipinski definition) is 6. The van der Waals surface area contributed by atoms with Crippen LogP contribution in [0, 0.1) is 0 Å². The molecule has 0 aliphatic heterocycles. The fraction of sp³-hybridized carbons (Fsp3) is 0.391. The number of aromatic nitrogens is 2. The number of imidazole rings is 1. The van der Waals surface area contributed by atoms with Gasteiger partial charge in [0.15, 0.2) is 0 Å². The molecule has 0 bridgehead atoms. The molecule has 0 amide bonds. The van der Waals surface area contributed by atoms with Crippen LogP contribution in [-0.4, -0.2) is 39.3 Å². The maximum absolute atomic E-state index is 12.0. The van der Waals surface area contributed by atoms with Crippen LogP contribution in [0.1, 0.15) is 49.2 Å². The van der Waals surface area contributed by atoms with Gasteiger partial charge in [0.25, 0.3) is 0 Å². The number of nitrogens with zero attached hydrogens (tertiary/aromatic N) is 2. The standard InChI is InChI=1S/C23H30N4O3/c1-4-30-22(29)17-8-9-19-20(13-17)27(15-25-19)11-10-23(2,3)26-14-21(28)16-6-5-7-18(24)12-16/h5-9,12-13,15,21,26,28H,4,10-11,14,24H2,1-3H3/t21-/m0/s1. The minimum absolute atomic E-state index is 0.212. The van der Waals surface area contributed by atoms with E-state index in [0.717, 1.165) is 29.6 Å². The van der Waals surface area contributed by atoms with E-state index >= 15 is 0 Å². The van der Waals surface area contributed by atoms with Gasteiger partial charge in [-0.25, -0.2) is 9.78 Å². The molecular weight excluding hydrogens is 380 g/mol. The molecule has 0 aliphatic carbocycles. The van der Waals surface area contributed by atoms with Gasteiger partial charge >= 0.3 is 5.97 Å². The molecule has 1 heterocycles. The minimum atomic E-state index is -0.631. The average molecular weight is 411 g/mol. The van der Waals surface area contributed by atoms with E-state index in [9.17, 15) is 9.90 Å². The van der Waals surface area contributed by atoms with E-state index in [-0.39, 0.29) is 11.5 Å². The summed E-state index contributed by atoms with van der Waals surface area (Å²) in [5.74, 6) is -0.329. The number of ether oxygens (including phenoxy) is 1. The molecule has 3 rings (SSSR count). The minimum Gasteiger partial charge on any atom is -0.462 e. The van der Waals surface area contributed by atoms with Crippen LogP contribution in [0.15, 0.2) is 48.8 Å². The lowest BCUT2D eigenvalue weighted by molar-refractivity contribution is 0.0526. The molecule has 7 nitrogen and oxygen atoms in total. The van der Waals surface area contributed by atoms with Crippen LogP contribution in [0.2, 0.25) is 0 Å². The third kappa shape index (κ3) is 5.37. The molecule has 160 valence electrons.